The normalized spacial score (nSPS) is 13.0. The minimum atomic E-state index is -3.85. The number of rotatable bonds is 6. The topological polar surface area (TPSA) is 107 Å². The Labute approximate surface area is 143 Å². The predicted octanol–water partition coefficient (Wildman–Crippen LogP) is 2.52. The number of aromatic nitrogens is 2. The zero-order valence-corrected chi connectivity index (χ0v) is 15.2. The molecule has 3 N–H and O–H groups in total. The summed E-state index contributed by atoms with van der Waals surface area (Å²) in [5, 5.41) is 8.62. The van der Waals surface area contributed by atoms with Crippen LogP contribution in [-0.4, -0.2) is 25.2 Å². The number of ether oxygens (including phenoxy) is 1. The summed E-state index contributed by atoms with van der Waals surface area (Å²) in [4.78, 5) is -0.0145. The zero-order chi connectivity index (χ0) is 17.2. The van der Waals surface area contributed by atoms with E-state index < -0.39 is 16.1 Å². The Balaban J connectivity index is 2.37. The molecule has 0 spiro atoms. The van der Waals surface area contributed by atoms with E-state index in [1.807, 2.05) is 0 Å². The molecule has 23 heavy (non-hydrogen) atoms. The molecule has 7 nitrogen and oxygen atoms in total. The van der Waals surface area contributed by atoms with E-state index in [4.69, 9.17) is 22.1 Å². The molecule has 0 aliphatic carbocycles. The van der Waals surface area contributed by atoms with E-state index in [9.17, 15) is 8.42 Å². The Hall–Kier alpha value is -1.42. The van der Waals surface area contributed by atoms with Crippen molar-refractivity contribution in [2.24, 2.45) is 0 Å². The molecular weight excluding hydrogens is 360 g/mol. The highest BCUT2D eigenvalue weighted by Gasteiger charge is 2.25. The first-order valence-electron chi connectivity index (χ1n) is 6.78. The number of nitrogens with one attached hydrogen (secondary N) is 1. The van der Waals surface area contributed by atoms with Gasteiger partial charge in [0, 0.05) is 5.02 Å². The highest BCUT2D eigenvalue weighted by molar-refractivity contribution is 7.89. The summed E-state index contributed by atoms with van der Waals surface area (Å²) in [6.45, 7) is 5.56. The maximum Gasteiger partial charge on any atom is 0.244 e. The highest BCUT2D eigenvalue weighted by Crippen LogP contribution is 2.31. The lowest BCUT2D eigenvalue weighted by molar-refractivity contribution is 0.330. The van der Waals surface area contributed by atoms with Crippen molar-refractivity contribution in [2.45, 2.75) is 31.7 Å². The van der Waals surface area contributed by atoms with Crippen LogP contribution in [0.25, 0.3) is 0 Å². The summed E-state index contributed by atoms with van der Waals surface area (Å²) in [5.74, 6) is 0.255. The molecule has 0 saturated carbocycles. The summed E-state index contributed by atoms with van der Waals surface area (Å²) in [7, 11) is -3.85. The van der Waals surface area contributed by atoms with Crippen molar-refractivity contribution in [3.63, 3.8) is 0 Å². The number of nitrogen functional groups attached to an aromatic ring is 1. The molecule has 1 unspecified atom stereocenters. The van der Waals surface area contributed by atoms with E-state index >= 15 is 0 Å². The van der Waals surface area contributed by atoms with Crippen LogP contribution in [0.4, 0.5) is 5.13 Å². The van der Waals surface area contributed by atoms with Crippen molar-refractivity contribution in [1.29, 1.82) is 0 Å². The van der Waals surface area contributed by atoms with Gasteiger partial charge >= 0.3 is 0 Å². The molecule has 0 fully saturated rings. The number of nitrogens with two attached hydrogens (primary N) is 1. The van der Waals surface area contributed by atoms with Crippen LogP contribution in [0.3, 0.4) is 0 Å². The summed E-state index contributed by atoms with van der Waals surface area (Å²) in [5.41, 5.74) is 6.26. The van der Waals surface area contributed by atoms with Crippen molar-refractivity contribution in [1.82, 2.24) is 14.9 Å². The number of benzene rings is 1. The second-order valence-electron chi connectivity index (χ2n) is 4.80. The number of nitrogens with zero attached hydrogens (tertiary/aromatic N) is 2. The van der Waals surface area contributed by atoms with Crippen molar-refractivity contribution in [3.05, 3.63) is 27.7 Å². The van der Waals surface area contributed by atoms with E-state index in [-0.39, 0.29) is 15.8 Å². The number of hydrogen-bond acceptors (Lipinski definition) is 7. The lowest BCUT2D eigenvalue weighted by atomic mass is 10.2. The van der Waals surface area contributed by atoms with Gasteiger partial charge in [-0.3, -0.25) is 0 Å². The van der Waals surface area contributed by atoms with Crippen LogP contribution < -0.4 is 15.2 Å². The van der Waals surface area contributed by atoms with E-state index in [2.05, 4.69) is 14.9 Å². The second-order valence-corrected chi connectivity index (χ2v) is 7.93. The monoisotopic (exact) mass is 376 g/mol. The maximum absolute atomic E-state index is 12.7. The molecule has 1 aromatic heterocycles. The lowest BCUT2D eigenvalue weighted by Crippen LogP contribution is -2.27. The molecule has 0 amide bonds. The molecular formula is C13H17ClN4O3S2. The summed E-state index contributed by atoms with van der Waals surface area (Å²) < 4.78 is 33.3. The van der Waals surface area contributed by atoms with Crippen LogP contribution in [0.15, 0.2) is 17.0 Å². The molecule has 1 atom stereocenters. The summed E-state index contributed by atoms with van der Waals surface area (Å²) in [6, 6.07) is 2.41. The van der Waals surface area contributed by atoms with E-state index in [1.54, 1.807) is 26.8 Å². The van der Waals surface area contributed by atoms with Crippen LogP contribution in [0.2, 0.25) is 5.02 Å². The molecule has 1 heterocycles. The molecule has 0 aliphatic heterocycles. The third-order valence-corrected chi connectivity index (χ3v) is 5.88. The summed E-state index contributed by atoms with van der Waals surface area (Å²) in [6.07, 6.45) is 0. The fourth-order valence-electron chi connectivity index (χ4n) is 1.88. The number of halogens is 1. The van der Waals surface area contributed by atoms with E-state index in [0.717, 1.165) is 16.9 Å². The molecule has 2 rings (SSSR count). The van der Waals surface area contributed by atoms with Gasteiger partial charge in [-0.1, -0.05) is 22.9 Å². The van der Waals surface area contributed by atoms with Gasteiger partial charge in [0.2, 0.25) is 15.2 Å². The van der Waals surface area contributed by atoms with E-state index in [0.29, 0.717) is 16.6 Å². The first-order chi connectivity index (χ1) is 10.7. The van der Waals surface area contributed by atoms with Crippen LogP contribution >= 0.6 is 22.9 Å². The largest absolute Gasteiger partial charge is 0.492 e. The van der Waals surface area contributed by atoms with Gasteiger partial charge in [0.15, 0.2) is 0 Å². The number of aryl methyl sites for hydroxylation is 1. The molecule has 0 aliphatic rings. The maximum atomic E-state index is 12.7. The van der Waals surface area contributed by atoms with Gasteiger partial charge in [0.05, 0.1) is 12.6 Å². The highest BCUT2D eigenvalue weighted by atomic mass is 35.5. The Morgan fingerprint density at radius 1 is 1.43 bits per heavy atom. The first-order valence-corrected chi connectivity index (χ1v) is 9.46. The van der Waals surface area contributed by atoms with Gasteiger partial charge in [0.25, 0.3) is 0 Å². The summed E-state index contributed by atoms with van der Waals surface area (Å²) >= 11 is 7.19. The minimum Gasteiger partial charge on any atom is -0.492 e. The van der Waals surface area contributed by atoms with Gasteiger partial charge in [-0.2, -0.15) is 0 Å². The average molecular weight is 377 g/mol. The predicted molar refractivity (Wildman–Crippen MR) is 90.4 cm³/mol. The molecule has 0 saturated heterocycles. The fourth-order valence-corrected chi connectivity index (χ4v) is 4.16. The molecule has 1 aromatic carbocycles. The SMILES string of the molecule is CCOc1cc(C)c(Cl)cc1S(=O)(=O)NC(C)c1nnc(N)s1. The van der Waals surface area contributed by atoms with Crippen LogP contribution in [0, 0.1) is 6.92 Å². The van der Waals surface area contributed by atoms with Gasteiger partial charge < -0.3 is 10.5 Å². The molecule has 2 aromatic rings. The molecule has 0 bridgehead atoms. The standard InChI is InChI=1S/C13H17ClN4O3S2/c1-4-21-10-5-7(2)9(14)6-11(10)23(19,20)18-8(3)12-16-17-13(15)22-12/h5-6,8,18H,4H2,1-3H3,(H2,15,17). The first kappa shape index (κ1) is 17.9. The fraction of sp³-hybridized carbons (Fsp3) is 0.385. The Morgan fingerprint density at radius 2 is 2.13 bits per heavy atom. The minimum absolute atomic E-state index is 0.0145. The van der Waals surface area contributed by atoms with Gasteiger partial charge in [-0.25, -0.2) is 13.1 Å². The number of sulfonamides is 1. The second kappa shape index (κ2) is 7.00. The third-order valence-electron chi connectivity index (χ3n) is 2.97. The van der Waals surface area contributed by atoms with Crippen molar-refractivity contribution in [2.75, 3.05) is 12.3 Å². The number of anilines is 1. The smallest absolute Gasteiger partial charge is 0.244 e. The Morgan fingerprint density at radius 3 is 2.70 bits per heavy atom. The Bertz CT molecular complexity index is 808. The van der Waals surface area contributed by atoms with Crippen molar-refractivity contribution in [3.8, 4) is 5.75 Å². The van der Waals surface area contributed by atoms with Crippen LogP contribution in [-0.2, 0) is 10.0 Å². The van der Waals surface area contributed by atoms with Crippen LogP contribution in [0.1, 0.15) is 30.5 Å². The van der Waals surface area contributed by atoms with Gasteiger partial charge in [-0.15, -0.1) is 10.2 Å². The van der Waals surface area contributed by atoms with Crippen molar-refractivity contribution < 1.29 is 13.2 Å². The van der Waals surface area contributed by atoms with E-state index in [1.165, 1.54) is 6.07 Å². The third kappa shape index (κ3) is 4.11. The van der Waals surface area contributed by atoms with Gasteiger partial charge in [-0.05, 0) is 38.5 Å². The molecule has 126 valence electrons. The van der Waals surface area contributed by atoms with Gasteiger partial charge in [0.1, 0.15) is 15.7 Å². The Kier molecular flexibility index (Phi) is 5.45. The quantitative estimate of drug-likeness (QED) is 0.802. The number of hydrogen-bond donors (Lipinski definition) is 2. The molecule has 10 heteroatoms. The van der Waals surface area contributed by atoms with Crippen LogP contribution in [0.5, 0.6) is 5.75 Å². The zero-order valence-electron chi connectivity index (χ0n) is 12.8. The van der Waals surface area contributed by atoms with Crippen molar-refractivity contribution >= 4 is 38.1 Å². The average Bonchev–Trinajstić information content (AvgIpc) is 2.89. The molecule has 0 radical (unpaired) electrons. The lowest BCUT2D eigenvalue weighted by Gasteiger charge is -2.16.